The lowest BCUT2D eigenvalue weighted by Gasteiger charge is -2.21. The van der Waals surface area contributed by atoms with E-state index in [4.69, 9.17) is 0 Å². The molecule has 0 spiro atoms. The maximum Gasteiger partial charge on any atom is 0.214 e. The smallest absolute Gasteiger partial charge is 0.214 e. The molecule has 3 rings (SSSR count). The van der Waals surface area contributed by atoms with E-state index in [-0.39, 0.29) is 12.4 Å². The summed E-state index contributed by atoms with van der Waals surface area (Å²) < 4.78 is 39.9. The first-order chi connectivity index (χ1) is 12.8. The molecule has 1 aromatic heterocycles. The van der Waals surface area contributed by atoms with Crippen molar-refractivity contribution in [2.24, 2.45) is 0 Å². The third-order valence-electron chi connectivity index (χ3n) is 4.38. The molecular weight excluding hydrogens is 369 g/mol. The Kier molecular flexibility index (Phi) is 6.03. The topological polar surface area (TPSA) is 96.0 Å². The summed E-state index contributed by atoms with van der Waals surface area (Å²) in [5, 5.41) is 6.01. The molecule has 0 amide bonds. The number of hydrogen-bond donors (Lipinski definition) is 3. The molecule has 27 heavy (non-hydrogen) atoms. The van der Waals surface area contributed by atoms with Crippen molar-refractivity contribution in [3.8, 4) is 0 Å². The van der Waals surface area contributed by atoms with Crippen LogP contribution in [0.25, 0.3) is 0 Å². The fraction of sp³-hybridized carbons (Fsp3) is 0.444. The molecule has 0 radical (unpaired) electrons. The van der Waals surface area contributed by atoms with Crippen molar-refractivity contribution in [1.82, 2.24) is 20.0 Å². The molecule has 1 aromatic carbocycles. The molecule has 2 heterocycles. The summed E-state index contributed by atoms with van der Waals surface area (Å²) in [6, 6.07) is 6.37. The minimum Gasteiger partial charge on any atom is -0.366 e. The molecule has 0 saturated carbocycles. The molecule has 7 nitrogen and oxygen atoms in total. The molecule has 0 saturated heterocycles. The summed E-state index contributed by atoms with van der Waals surface area (Å²) in [6.45, 7) is 5.14. The normalized spacial score (nSPS) is 14.2. The number of benzene rings is 1. The van der Waals surface area contributed by atoms with Gasteiger partial charge in [-0.15, -0.1) is 0 Å². The summed E-state index contributed by atoms with van der Waals surface area (Å²) >= 11 is 0. The van der Waals surface area contributed by atoms with Gasteiger partial charge in [-0.25, -0.2) is 27.5 Å². The lowest BCUT2D eigenvalue weighted by atomic mass is 10.1. The van der Waals surface area contributed by atoms with E-state index in [0.717, 1.165) is 29.8 Å². The van der Waals surface area contributed by atoms with Gasteiger partial charge in [-0.3, -0.25) is 0 Å². The first kappa shape index (κ1) is 19.7. The Balaban J connectivity index is 1.81. The van der Waals surface area contributed by atoms with Crippen molar-refractivity contribution in [3.63, 3.8) is 0 Å². The largest absolute Gasteiger partial charge is 0.366 e. The number of halogens is 1. The molecule has 9 heteroatoms. The highest BCUT2D eigenvalue weighted by atomic mass is 32.2. The van der Waals surface area contributed by atoms with Crippen molar-refractivity contribution in [1.29, 1.82) is 0 Å². The van der Waals surface area contributed by atoms with E-state index in [0.29, 0.717) is 24.7 Å². The number of fused-ring (bicyclic) bond motifs is 1. The third kappa shape index (κ3) is 5.00. The number of nitrogens with one attached hydrogen (secondary N) is 3. The molecular formula is C18H24FN5O2S. The molecule has 0 aliphatic carbocycles. The van der Waals surface area contributed by atoms with E-state index in [1.807, 2.05) is 6.07 Å². The highest BCUT2D eigenvalue weighted by Crippen LogP contribution is 2.21. The number of anilines is 1. The van der Waals surface area contributed by atoms with Gasteiger partial charge in [0.2, 0.25) is 10.0 Å². The minimum absolute atomic E-state index is 0.0376. The number of nitrogens with zero attached hydrogens (tertiary/aromatic N) is 2. The lowest BCUT2D eigenvalue weighted by Crippen LogP contribution is -2.32. The maximum atomic E-state index is 13.4. The van der Waals surface area contributed by atoms with Gasteiger partial charge in [0.1, 0.15) is 17.5 Å². The van der Waals surface area contributed by atoms with Crippen molar-refractivity contribution >= 4 is 15.8 Å². The predicted molar refractivity (Wildman–Crippen MR) is 102 cm³/mol. The van der Waals surface area contributed by atoms with E-state index in [2.05, 4.69) is 25.3 Å². The van der Waals surface area contributed by atoms with Gasteiger partial charge in [-0.05, 0) is 31.5 Å². The van der Waals surface area contributed by atoms with Crippen LogP contribution in [0.4, 0.5) is 10.2 Å². The highest BCUT2D eigenvalue weighted by molar-refractivity contribution is 7.90. The van der Waals surface area contributed by atoms with Crippen LogP contribution >= 0.6 is 0 Å². The monoisotopic (exact) mass is 393 g/mol. The number of sulfonamides is 1. The Morgan fingerprint density at radius 2 is 2.07 bits per heavy atom. The number of rotatable bonds is 7. The van der Waals surface area contributed by atoms with Crippen LogP contribution in [0.3, 0.4) is 0 Å². The summed E-state index contributed by atoms with van der Waals surface area (Å²) in [5.74, 6) is 0.779. The molecule has 1 aliphatic heterocycles. The second-order valence-corrected chi connectivity index (χ2v) is 9.06. The fourth-order valence-corrected chi connectivity index (χ4v) is 3.45. The van der Waals surface area contributed by atoms with Crippen LogP contribution in [0.15, 0.2) is 24.3 Å². The number of hydrogen-bond acceptors (Lipinski definition) is 6. The summed E-state index contributed by atoms with van der Waals surface area (Å²) in [4.78, 5) is 9.03. The van der Waals surface area contributed by atoms with Crippen LogP contribution in [-0.2, 0) is 36.1 Å². The average Bonchev–Trinajstić information content (AvgIpc) is 2.64. The van der Waals surface area contributed by atoms with Gasteiger partial charge in [-0.2, -0.15) is 0 Å². The first-order valence-corrected chi connectivity index (χ1v) is 10.5. The zero-order valence-corrected chi connectivity index (χ0v) is 16.2. The van der Waals surface area contributed by atoms with E-state index < -0.39 is 15.3 Å². The highest BCUT2D eigenvalue weighted by Gasteiger charge is 2.20. The molecule has 146 valence electrons. The summed E-state index contributed by atoms with van der Waals surface area (Å²) in [6.07, 6.45) is 0.746. The van der Waals surface area contributed by atoms with E-state index >= 15 is 0 Å². The van der Waals surface area contributed by atoms with Crippen molar-refractivity contribution < 1.29 is 12.8 Å². The standard InChI is InChI=1S/C18H24FN5O2S/c1-12(2)27(25,26)22-11-17-23-16-6-7-20-10-15(16)18(24-17)21-9-13-4-3-5-14(19)8-13/h3-5,8,12,20,22H,6-7,9-11H2,1-2H3,(H,21,23,24). The van der Waals surface area contributed by atoms with Crippen LogP contribution in [-0.4, -0.2) is 30.2 Å². The molecule has 1 aliphatic rings. The Hall–Kier alpha value is -2.10. The van der Waals surface area contributed by atoms with Gasteiger partial charge < -0.3 is 10.6 Å². The number of aromatic nitrogens is 2. The van der Waals surface area contributed by atoms with E-state index in [1.54, 1.807) is 19.9 Å². The Labute approximate surface area is 158 Å². The Morgan fingerprint density at radius 3 is 2.81 bits per heavy atom. The van der Waals surface area contributed by atoms with Gasteiger partial charge >= 0.3 is 0 Å². The van der Waals surface area contributed by atoms with Gasteiger partial charge in [0.15, 0.2) is 0 Å². The van der Waals surface area contributed by atoms with Crippen LogP contribution in [0.1, 0.15) is 36.5 Å². The molecule has 0 atom stereocenters. The van der Waals surface area contributed by atoms with Gasteiger partial charge in [0.25, 0.3) is 0 Å². The zero-order valence-electron chi connectivity index (χ0n) is 15.4. The van der Waals surface area contributed by atoms with Crippen LogP contribution in [0.2, 0.25) is 0 Å². The van der Waals surface area contributed by atoms with Gasteiger partial charge in [0.05, 0.1) is 17.5 Å². The summed E-state index contributed by atoms with van der Waals surface area (Å²) in [7, 11) is -3.39. The minimum atomic E-state index is -3.39. The van der Waals surface area contributed by atoms with Gasteiger partial charge in [0, 0.05) is 31.6 Å². The maximum absolute atomic E-state index is 13.4. The van der Waals surface area contributed by atoms with E-state index in [9.17, 15) is 12.8 Å². The lowest BCUT2D eigenvalue weighted by molar-refractivity contribution is 0.568. The van der Waals surface area contributed by atoms with Crippen LogP contribution in [0, 0.1) is 5.82 Å². The van der Waals surface area contributed by atoms with E-state index in [1.165, 1.54) is 12.1 Å². The fourth-order valence-electron chi connectivity index (χ4n) is 2.78. The SMILES string of the molecule is CC(C)S(=O)(=O)NCc1nc2c(c(NCc3cccc(F)c3)n1)CNCC2. The van der Waals surface area contributed by atoms with Crippen molar-refractivity contribution in [3.05, 3.63) is 52.7 Å². The average molecular weight is 393 g/mol. The quantitative estimate of drug-likeness (QED) is 0.663. The second-order valence-electron chi connectivity index (χ2n) is 6.74. The molecule has 0 unspecified atom stereocenters. The Morgan fingerprint density at radius 1 is 1.26 bits per heavy atom. The van der Waals surface area contributed by atoms with Crippen LogP contribution < -0.4 is 15.4 Å². The Bertz CT molecular complexity index is 918. The molecule has 0 bridgehead atoms. The molecule has 3 N–H and O–H groups in total. The van der Waals surface area contributed by atoms with Crippen molar-refractivity contribution in [2.45, 2.75) is 45.2 Å². The molecule has 0 fully saturated rings. The zero-order chi connectivity index (χ0) is 19.4. The van der Waals surface area contributed by atoms with Crippen molar-refractivity contribution in [2.75, 3.05) is 11.9 Å². The summed E-state index contributed by atoms with van der Waals surface area (Å²) in [5.41, 5.74) is 2.67. The van der Waals surface area contributed by atoms with Gasteiger partial charge in [-0.1, -0.05) is 12.1 Å². The van der Waals surface area contributed by atoms with Crippen LogP contribution in [0.5, 0.6) is 0 Å². The predicted octanol–water partition coefficient (Wildman–Crippen LogP) is 1.70. The first-order valence-electron chi connectivity index (χ1n) is 8.91. The third-order valence-corrected chi connectivity index (χ3v) is 6.17. The molecule has 2 aromatic rings. The second kappa shape index (κ2) is 8.28.